The van der Waals surface area contributed by atoms with Crippen LogP contribution < -0.4 is 0 Å². The standard InChI is InChI=1S/C13H9Cl3OS/c1-8-6-11(15)13(12(16)7-8)18(17)10-4-2-9(14)3-5-10/h2-7H,1H3. The molecule has 0 saturated carbocycles. The Morgan fingerprint density at radius 1 is 0.944 bits per heavy atom. The van der Waals surface area contributed by atoms with Gasteiger partial charge in [0.2, 0.25) is 0 Å². The van der Waals surface area contributed by atoms with Crippen LogP contribution in [0.5, 0.6) is 0 Å². The second-order valence-corrected chi connectivity index (χ2v) is 6.45. The van der Waals surface area contributed by atoms with Gasteiger partial charge >= 0.3 is 0 Å². The first kappa shape index (κ1) is 13.9. The first-order chi connectivity index (χ1) is 8.49. The Labute approximate surface area is 123 Å². The van der Waals surface area contributed by atoms with Crippen molar-refractivity contribution in [1.29, 1.82) is 0 Å². The maximum absolute atomic E-state index is 12.4. The van der Waals surface area contributed by atoms with Gasteiger partial charge in [-0.3, -0.25) is 0 Å². The van der Waals surface area contributed by atoms with Gasteiger partial charge in [0.05, 0.1) is 25.7 Å². The van der Waals surface area contributed by atoms with Crippen LogP contribution in [0.15, 0.2) is 46.2 Å². The molecule has 0 spiro atoms. The minimum Gasteiger partial charge on any atom is -0.249 e. The van der Waals surface area contributed by atoms with Crippen molar-refractivity contribution in [2.45, 2.75) is 16.7 Å². The quantitative estimate of drug-likeness (QED) is 0.750. The highest BCUT2D eigenvalue weighted by Crippen LogP contribution is 2.32. The highest BCUT2D eigenvalue weighted by molar-refractivity contribution is 7.85. The Hall–Kier alpha value is -0.540. The maximum Gasteiger partial charge on any atom is 0.0880 e. The minimum absolute atomic E-state index is 0.410. The number of halogens is 3. The average Bonchev–Trinajstić information content (AvgIpc) is 2.28. The van der Waals surface area contributed by atoms with Crippen LogP contribution in [0.25, 0.3) is 0 Å². The minimum atomic E-state index is -1.41. The summed E-state index contributed by atoms with van der Waals surface area (Å²) in [5, 5.41) is 1.42. The molecule has 0 heterocycles. The Morgan fingerprint density at radius 3 is 1.94 bits per heavy atom. The zero-order chi connectivity index (χ0) is 13.3. The van der Waals surface area contributed by atoms with Gasteiger partial charge < -0.3 is 0 Å². The van der Waals surface area contributed by atoms with E-state index in [1.54, 1.807) is 36.4 Å². The van der Waals surface area contributed by atoms with Crippen molar-refractivity contribution in [2.75, 3.05) is 0 Å². The van der Waals surface area contributed by atoms with E-state index in [4.69, 9.17) is 34.8 Å². The average molecular weight is 320 g/mol. The monoisotopic (exact) mass is 318 g/mol. The first-order valence-electron chi connectivity index (χ1n) is 5.12. The van der Waals surface area contributed by atoms with Gasteiger partial charge in [0.1, 0.15) is 0 Å². The van der Waals surface area contributed by atoms with Gasteiger partial charge in [-0.05, 0) is 48.9 Å². The van der Waals surface area contributed by atoms with E-state index in [1.165, 1.54) is 0 Å². The zero-order valence-electron chi connectivity index (χ0n) is 9.41. The van der Waals surface area contributed by atoms with Crippen LogP contribution in [0, 0.1) is 6.92 Å². The highest BCUT2D eigenvalue weighted by Gasteiger charge is 2.15. The van der Waals surface area contributed by atoms with Crippen molar-refractivity contribution in [2.24, 2.45) is 0 Å². The zero-order valence-corrected chi connectivity index (χ0v) is 12.5. The van der Waals surface area contributed by atoms with Crippen LogP contribution in [0.2, 0.25) is 15.1 Å². The molecule has 0 aliphatic carbocycles. The predicted molar refractivity (Wildman–Crippen MR) is 77.3 cm³/mol. The topological polar surface area (TPSA) is 17.1 Å². The molecule has 1 unspecified atom stereocenters. The lowest BCUT2D eigenvalue weighted by Gasteiger charge is -2.08. The number of hydrogen-bond acceptors (Lipinski definition) is 1. The lowest BCUT2D eigenvalue weighted by atomic mass is 10.2. The number of aryl methyl sites for hydroxylation is 1. The lowest BCUT2D eigenvalue weighted by Crippen LogP contribution is -1.95. The molecule has 2 rings (SSSR count). The number of hydrogen-bond donors (Lipinski definition) is 0. The second-order valence-electron chi connectivity index (χ2n) is 3.78. The van der Waals surface area contributed by atoms with Crippen molar-refractivity contribution in [3.05, 3.63) is 57.0 Å². The van der Waals surface area contributed by atoms with E-state index in [1.807, 2.05) is 6.92 Å². The molecule has 0 aromatic heterocycles. The van der Waals surface area contributed by atoms with Gasteiger partial charge in [0.15, 0.2) is 0 Å². The third-order valence-electron chi connectivity index (χ3n) is 2.36. The van der Waals surface area contributed by atoms with Crippen LogP contribution in [-0.4, -0.2) is 4.21 Å². The van der Waals surface area contributed by atoms with Crippen LogP contribution >= 0.6 is 34.8 Å². The molecule has 94 valence electrons. The Balaban J connectivity index is 2.49. The summed E-state index contributed by atoms with van der Waals surface area (Å²) in [6.45, 7) is 1.88. The molecule has 0 amide bonds. The predicted octanol–water partition coefficient (Wildman–Crippen LogP) is 5.12. The van der Waals surface area contributed by atoms with E-state index in [0.717, 1.165) is 5.56 Å². The third kappa shape index (κ3) is 2.89. The van der Waals surface area contributed by atoms with E-state index in [9.17, 15) is 4.21 Å². The fraction of sp³-hybridized carbons (Fsp3) is 0.0769. The molecule has 18 heavy (non-hydrogen) atoms. The van der Waals surface area contributed by atoms with Crippen molar-refractivity contribution in [1.82, 2.24) is 0 Å². The summed E-state index contributed by atoms with van der Waals surface area (Å²) in [7, 11) is -1.41. The second kappa shape index (κ2) is 5.62. The van der Waals surface area contributed by atoms with Crippen molar-refractivity contribution < 1.29 is 4.21 Å². The van der Waals surface area contributed by atoms with Gasteiger partial charge in [-0.25, -0.2) is 4.21 Å². The largest absolute Gasteiger partial charge is 0.249 e. The molecule has 1 atom stereocenters. The molecule has 0 fully saturated rings. The fourth-order valence-corrected chi connectivity index (χ4v) is 3.77. The summed E-state index contributed by atoms with van der Waals surface area (Å²) in [6.07, 6.45) is 0. The summed E-state index contributed by atoms with van der Waals surface area (Å²) in [5.74, 6) is 0. The van der Waals surface area contributed by atoms with E-state index >= 15 is 0 Å². The lowest BCUT2D eigenvalue weighted by molar-refractivity contribution is 0.683. The molecular formula is C13H9Cl3OS. The molecule has 0 aliphatic rings. The summed E-state index contributed by atoms with van der Waals surface area (Å²) in [4.78, 5) is 1.05. The molecule has 0 saturated heterocycles. The van der Waals surface area contributed by atoms with Crippen LogP contribution in [0.3, 0.4) is 0 Å². The van der Waals surface area contributed by atoms with E-state index < -0.39 is 10.8 Å². The van der Waals surface area contributed by atoms with Crippen LogP contribution in [-0.2, 0) is 10.8 Å². The highest BCUT2D eigenvalue weighted by atomic mass is 35.5. The van der Waals surface area contributed by atoms with Crippen molar-refractivity contribution in [3.8, 4) is 0 Å². The molecule has 0 N–H and O–H groups in total. The Morgan fingerprint density at radius 2 is 1.44 bits per heavy atom. The maximum atomic E-state index is 12.4. The van der Waals surface area contributed by atoms with Gasteiger partial charge in [-0.2, -0.15) is 0 Å². The summed E-state index contributed by atoms with van der Waals surface area (Å²) < 4.78 is 12.4. The van der Waals surface area contributed by atoms with Crippen LogP contribution in [0.1, 0.15) is 5.56 Å². The van der Waals surface area contributed by atoms with Gasteiger partial charge in [0, 0.05) is 9.92 Å². The normalized spacial score (nSPS) is 12.4. The Bertz CT molecular complexity index is 585. The van der Waals surface area contributed by atoms with Gasteiger partial charge in [-0.15, -0.1) is 0 Å². The molecule has 2 aromatic carbocycles. The van der Waals surface area contributed by atoms with Crippen LogP contribution in [0.4, 0.5) is 0 Å². The molecule has 0 aliphatic heterocycles. The molecular weight excluding hydrogens is 311 g/mol. The van der Waals surface area contributed by atoms with E-state index in [-0.39, 0.29) is 0 Å². The van der Waals surface area contributed by atoms with Gasteiger partial charge in [0.25, 0.3) is 0 Å². The smallest absolute Gasteiger partial charge is 0.0880 e. The number of benzene rings is 2. The molecule has 1 nitrogen and oxygen atoms in total. The third-order valence-corrected chi connectivity index (χ3v) is 4.94. The SMILES string of the molecule is Cc1cc(Cl)c(S(=O)c2ccc(Cl)cc2)c(Cl)c1. The first-order valence-corrected chi connectivity index (χ1v) is 7.40. The Kier molecular flexibility index (Phi) is 4.33. The summed E-state index contributed by atoms with van der Waals surface area (Å²) in [6, 6.07) is 10.3. The van der Waals surface area contributed by atoms with Crippen molar-refractivity contribution in [3.63, 3.8) is 0 Å². The van der Waals surface area contributed by atoms with Gasteiger partial charge in [-0.1, -0.05) is 34.8 Å². The summed E-state index contributed by atoms with van der Waals surface area (Å²) >= 11 is 18.0. The molecule has 0 bridgehead atoms. The fourth-order valence-electron chi connectivity index (χ4n) is 1.54. The summed E-state index contributed by atoms with van der Waals surface area (Å²) in [5.41, 5.74) is 0.932. The van der Waals surface area contributed by atoms with Crippen molar-refractivity contribution >= 4 is 45.6 Å². The van der Waals surface area contributed by atoms with E-state index in [0.29, 0.717) is 24.9 Å². The molecule has 0 radical (unpaired) electrons. The van der Waals surface area contributed by atoms with E-state index in [2.05, 4.69) is 0 Å². The number of rotatable bonds is 2. The molecule has 5 heteroatoms. The molecule has 2 aromatic rings.